The van der Waals surface area contributed by atoms with Crippen LogP contribution < -0.4 is 9.64 Å². The van der Waals surface area contributed by atoms with Gasteiger partial charge in [-0.3, -0.25) is 9.58 Å². The number of rotatable bonds is 7. The summed E-state index contributed by atoms with van der Waals surface area (Å²) >= 11 is 0. The maximum Gasteiger partial charge on any atom is 0.212 e. The fraction of sp³-hybridized carbons (Fsp3) is 0.290. The topological polar surface area (TPSA) is 136 Å². The first kappa shape index (κ1) is 25.7. The van der Waals surface area contributed by atoms with E-state index in [0.717, 1.165) is 58.8 Å². The molecule has 5 aromatic heterocycles. The molecule has 2 aliphatic heterocycles. The first-order chi connectivity index (χ1) is 20.6. The third kappa shape index (κ3) is 4.31. The van der Waals surface area contributed by atoms with Gasteiger partial charge in [-0.25, -0.2) is 15.0 Å². The van der Waals surface area contributed by atoms with Crippen LogP contribution in [0.15, 0.2) is 61.3 Å². The number of aromatic amines is 1. The van der Waals surface area contributed by atoms with Crippen LogP contribution in [0, 0.1) is 28.6 Å². The number of anilines is 1. The Labute approximate surface area is 242 Å². The predicted molar refractivity (Wildman–Crippen MR) is 156 cm³/mol. The quantitative estimate of drug-likeness (QED) is 0.316. The van der Waals surface area contributed by atoms with Crippen LogP contribution in [0.5, 0.6) is 5.88 Å². The number of aryl methyl sites for hydroxylation is 1. The van der Waals surface area contributed by atoms with Gasteiger partial charge in [0.1, 0.15) is 17.5 Å². The Morgan fingerprint density at radius 2 is 1.93 bits per heavy atom. The van der Waals surface area contributed by atoms with Crippen molar-refractivity contribution in [3.05, 3.63) is 72.4 Å². The van der Waals surface area contributed by atoms with E-state index in [1.54, 1.807) is 24.2 Å². The molecule has 5 aromatic rings. The van der Waals surface area contributed by atoms with Crippen molar-refractivity contribution >= 4 is 16.9 Å². The van der Waals surface area contributed by atoms with E-state index < -0.39 is 0 Å². The van der Waals surface area contributed by atoms with Gasteiger partial charge in [0, 0.05) is 97.6 Å². The summed E-state index contributed by atoms with van der Waals surface area (Å²) < 4.78 is 6.94. The highest BCUT2D eigenvalue weighted by Gasteiger charge is 2.53. The molecule has 2 saturated heterocycles. The first-order valence-corrected chi connectivity index (χ1v) is 13.8. The predicted octanol–water partition coefficient (Wildman–Crippen LogP) is 3.90. The highest BCUT2D eigenvalue weighted by molar-refractivity contribution is 5.98. The largest absolute Gasteiger partial charge is 0.481 e. The summed E-state index contributed by atoms with van der Waals surface area (Å²) in [7, 11) is 3.49. The Morgan fingerprint density at radius 3 is 2.62 bits per heavy atom. The first-order valence-electron chi connectivity index (χ1n) is 13.8. The normalized spacial score (nSPS) is 19.7. The van der Waals surface area contributed by atoms with Gasteiger partial charge in [-0.15, -0.1) is 0 Å². The lowest BCUT2D eigenvalue weighted by Crippen LogP contribution is -2.62. The number of fused-ring (bicyclic) bond motifs is 2. The number of ether oxygens (including phenoxy) is 1. The third-order valence-corrected chi connectivity index (χ3v) is 8.51. The molecule has 11 nitrogen and oxygen atoms in total. The Balaban J connectivity index is 1.13. The van der Waals surface area contributed by atoms with Crippen LogP contribution in [-0.4, -0.2) is 66.9 Å². The summed E-state index contributed by atoms with van der Waals surface area (Å²) in [5, 5.41) is 24.6. The van der Waals surface area contributed by atoms with Crippen LogP contribution in [0.2, 0.25) is 0 Å². The number of H-pyrrole nitrogens is 1. The third-order valence-electron chi connectivity index (χ3n) is 8.51. The van der Waals surface area contributed by atoms with Crippen molar-refractivity contribution in [3.63, 3.8) is 0 Å². The maximum atomic E-state index is 9.90. The molecule has 7 heterocycles. The molecule has 11 heteroatoms. The molecule has 0 aliphatic carbocycles. The van der Waals surface area contributed by atoms with E-state index in [4.69, 9.17) is 9.72 Å². The van der Waals surface area contributed by atoms with E-state index in [-0.39, 0.29) is 6.04 Å². The minimum atomic E-state index is 0.206. The minimum Gasteiger partial charge on any atom is -0.481 e. The minimum absolute atomic E-state index is 0.206. The van der Waals surface area contributed by atoms with Gasteiger partial charge < -0.3 is 14.6 Å². The second-order valence-corrected chi connectivity index (χ2v) is 10.9. The molecule has 0 spiro atoms. The molecule has 0 amide bonds. The summed E-state index contributed by atoms with van der Waals surface area (Å²) in [5.74, 6) is 1.90. The lowest BCUT2D eigenvalue weighted by Gasteiger charge is -2.51. The van der Waals surface area contributed by atoms with Gasteiger partial charge in [0.2, 0.25) is 5.88 Å². The highest BCUT2D eigenvalue weighted by Crippen LogP contribution is 2.42. The monoisotopic (exact) mass is 556 g/mol. The van der Waals surface area contributed by atoms with E-state index in [1.165, 1.54) is 0 Å². The van der Waals surface area contributed by atoms with E-state index in [2.05, 4.69) is 42.0 Å². The number of likely N-dealkylation sites (tertiary alicyclic amines) is 1. The summed E-state index contributed by atoms with van der Waals surface area (Å²) in [4.78, 5) is 21.8. The molecule has 208 valence electrons. The zero-order chi connectivity index (χ0) is 28.8. The van der Waals surface area contributed by atoms with E-state index >= 15 is 0 Å². The van der Waals surface area contributed by atoms with Crippen molar-refractivity contribution in [2.45, 2.75) is 25.0 Å². The number of nitrogens with one attached hydrogen (secondary N) is 1. The van der Waals surface area contributed by atoms with Crippen LogP contribution in [-0.2, 0) is 13.6 Å². The average Bonchev–Trinajstić information content (AvgIpc) is 3.75. The molecule has 0 aromatic carbocycles. The number of hydrogen-bond acceptors (Lipinski definition) is 9. The summed E-state index contributed by atoms with van der Waals surface area (Å²) in [6, 6.07) is 15.2. The average molecular weight is 557 g/mol. The molecule has 42 heavy (non-hydrogen) atoms. The molecular formula is C31H28N10O. The Bertz CT molecular complexity index is 1840. The maximum absolute atomic E-state index is 9.90. The Hall–Kier alpha value is -5.26. The van der Waals surface area contributed by atoms with Crippen LogP contribution in [0.1, 0.15) is 17.5 Å². The van der Waals surface area contributed by atoms with Gasteiger partial charge in [-0.2, -0.15) is 15.6 Å². The number of hydrogen-bond donors (Lipinski definition) is 1. The van der Waals surface area contributed by atoms with Gasteiger partial charge in [0.25, 0.3) is 0 Å². The molecule has 0 saturated carbocycles. The van der Waals surface area contributed by atoms with Crippen LogP contribution >= 0.6 is 0 Å². The lowest BCUT2D eigenvalue weighted by molar-refractivity contribution is -0.0306. The van der Waals surface area contributed by atoms with Gasteiger partial charge in [-0.1, -0.05) is 6.07 Å². The van der Waals surface area contributed by atoms with Crippen molar-refractivity contribution in [2.75, 3.05) is 25.1 Å². The number of methoxy groups -OCH3 is 1. The summed E-state index contributed by atoms with van der Waals surface area (Å²) in [6.45, 7) is 2.45. The summed E-state index contributed by atoms with van der Waals surface area (Å²) in [6.07, 6.45) is 9.53. The lowest BCUT2D eigenvalue weighted by atomic mass is 9.80. The SMILES string of the molecule is COc1ccc(CN2[C@H](CC#N)[C@@H]3CN(c4ccc(-c5c(C#N)cnc6[nH]c(-c7cnn(C)c7)cc56)cn4)C[C@@H]32)cn1. The highest BCUT2D eigenvalue weighted by atomic mass is 16.5. The van der Waals surface area contributed by atoms with Crippen molar-refractivity contribution in [1.29, 1.82) is 10.5 Å². The number of nitriles is 2. The van der Waals surface area contributed by atoms with E-state index in [0.29, 0.717) is 35.5 Å². The van der Waals surface area contributed by atoms with E-state index in [9.17, 15) is 10.5 Å². The molecule has 7 rings (SSSR count). The van der Waals surface area contributed by atoms with Crippen molar-refractivity contribution in [2.24, 2.45) is 13.0 Å². The Morgan fingerprint density at radius 1 is 1.02 bits per heavy atom. The zero-order valence-corrected chi connectivity index (χ0v) is 23.3. The van der Waals surface area contributed by atoms with Gasteiger partial charge in [0.15, 0.2) is 0 Å². The molecule has 3 atom stereocenters. The van der Waals surface area contributed by atoms with Crippen LogP contribution in [0.3, 0.4) is 0 Å². The number of pyridine rings is 3. The Kier molecular flexibility index (Phi) is 6.30. The second-order valence-electron chi connectivity index (χ2n) is 10.9. The van der Waals surface area contributed by atoms with Crippen molar-refractivity contribution in [1.82, 2.24) is 34.6 Å². The number of aromatic nitrogens is 6. The number of nitrogens with zero attached hydrogens (tertiary/aromatic N) is 9. The zero-order valence-electron chi connectivity index (χ0n) is 23.3. The molecule has 0 unspecified atom stereocenters. The van der Waals surface area contributed by atoms with Gasteiger partial charge in [-0.05, 0) is 23.8 Å². The second kappa shape index (κ2) is 10.3. The standard InChI is InChI=1S/C31H28N10O/c1-39-16-22(14-37-39)25-9-23-30(21(10-33)13-36-31(23)38-25)20-4-5-28(34-12-20)40-17-24-26(7-8-32)41(27(24)18-40)15-19-3-6-29(42-2)35-11-19/h3-6,9,11-14,16,24,26-27H,7,15,17-18H2,1-2H3,(H,36,38)/t24-,26+,27-/m0/s1. The molecule has 0 bridgehead atoms. The fourth-order valence-electron chi connectivity index (χ4n) is 6.46. The van der Waals surface area contributed by atoms with E-state index in [1.807, 2.05) is 56.0 Å². The van der Waals surface area contributed by atoms with Crippen LogP contribution in [0.25, 0.3) is 33.4 Å². The van der Waals surface area contributed by atoms with Gasteiger partial charge >= 0.3 is 0 Å². The molecule has 1 N–H and O–H groups in total. The fourth-order valence-corrected chi connectivity index (χ4v) is 6.46. The molecule has 0 radical (unpaired) electrons. The summed E-state index contributed by atoms with van der Waals surface area (Å²) in [5.41, 5.74) is 5.81. The molecule has 2 aliphatic rings. The molecular weight excluding hydrogens is 528 g/mol. The van der Waals surface area contributed by atoms with Crippen molar-refractivity contribution < 1.29 is 4.74 Å². The smallest absolute Gasteiger partial charge is 0.212 e. The van der Waals surface area contributed by atoms with Crippen LogP contribution in [0.4, 0.5) is 5.82 Å². The van der Waals surface area contributed by atoms with Gasteiger partial charge in [0.05, 0.1) is 37.1 Å². The van der Waals surface area contributed by atoms with Crippen molar-refractivity contribution in [3.8, 4) is 40.4 Å². The molecule has 2 fully saturated rings.